The molecule has 130 valence electrons. The van der Waals surface area contributed by atoms with Gasteiger partial charge in [0.25, 0.3) is 0 Å². The first-order valence-electron chi connectivity index (χ1n) is 10.6. The zero-order valence-corrected chi connectivity index (χ0v) is 14.8. The molecular weight excluding hydrogens is 294 g/mol. The van der Waals surface area contributed by atoms with Gasteiger partial charge in [0, 0.05) is 14.3 Å². The van der Waals surface area contributed by atoms with Crippen molar-refractivity contribution in [2.75, 3.05) is 6.54 Å². The summed E-state index contributed by atoms with van der Waals surface area (Å²) in [6.45, 7) is 0.584. The van der Waals surface area contributed by atoms with Gasteiger partial charge in [0.05, 0.1) is 5.54 Å². The Balaban J connectivity index is 1.60. The van der Waals surface area contributed by atoms with Gasteiger partial charge in [0.2, 0.25) is 5.91 Å². The Bertz CT molecular complexity index is 616. The molecule has 1 aromatic rings. The Morgan fingerprint density at radius 2 is 1.88 bits per heavy atom. The van der Waals surface area contributed by atoms with Crippen molar-refractivity contribution in [2.24, 2.45) is 5.92 Å². The van der Waals surface area contributed by atoms with E-state index in [4.69, 9.17) is 1.37 Å². The highest BCUT2D eigenvalue weighted by molar-refractivity contribution is 5.78. The van der Waals surface area contributed by atoms with Crippen LogP contribution in [0.3, 0.4) is 0 Å². The Hall–Kier alpha value is -1.31. The molecule has 0 N–H and O–H groups in total. The van der Waals surface area contributed by atoms with E-state index in [1.807, 2.05) is 0 Å². The summed E-state index contributed by atoms with van der Waals surface area (Å²) >= 11 is 0. The average molecular weight is 327 g/mol. The fourth-order valence-corrected chi connectivity index (χ4v) is 5.39. The summed E-state index contributed by atoms with van der Waals surface area (Å²) in [5.74, 6) is 1.07. The third kappa shape index (κ3) is 2.89. The van der Waals surface area contributed by atoms with E-state index in [1.54, 1.807) is 0 Å². The van der Waals surface area contributed by atoms with E-state index < -0.39 is 0 Å². The van der Waals surface area contributed by atoms with E-state index in [1.165, 1.54) is 50.5 Å². The fraction of sp³-hybridized carbons (Fsp3) is 0.682. The van der Waals surface area contributed by atoms with E-state index in [2.05, 4.69) is 29.2 Å². The summed E-state index contributed by atoms with van der Waals surface area (Å²) in [6, 6.07) is 8.45. The Morgan fingerprint density at radius 1 is 1.12 bits per heavy atom. The molecule has 2 heteroatoms. The first-order chi connectivity index (χ1) is 12.2. The van der Waals surface area contributed by atoms with Gasteiger partial charge in [-0.15, -0.1) is 0 Å². The van der Waals surface area contributed by atoms with Crippen molar-refractivity contribution >= 4 is 5.91 Å². The van der Waals surface area contributed by atoms with Gasteiger partial charge in [-0.05, 0) is 42.7 Å². The number of hydrogen-bond donors (Lipinski definition) is 0. The van der Waals surface area contributed by atoms with Crippen molar-refractivity contribution in [1.29, 1.82) is 0 Å². The number of benzene rings is 1. The molecule has 1 heterocycles. The van der Waals surface area contributed by atoms with Crippen LogP contribution in [0.5, 0.6) is 0 Å². The Kier molecular flexibility index (Phi) is 4.31. The van der Waals surface area contributed by atoms with Crippen LogP contribution in [0.4, 0.5) is 0 Å². The van der Waals surface area contributed by atoms with Gasteiger partial charge in [-0.1, -0.05) is 69.2 Å². The second kappa shape index (κ2) is 6.90. The predicted molar refractivity (Wildman–Crippen MR) is 97.8 cm³/mol. The van der Waals surface area contributed by atoms with Crippen LogP contribution in [-0.2, 0) is 16.7 Å². The van der Waals surface area contributed by atoms with E-state index in [0.29, 0.717) is 18.9 Å². The largest absolute Gasteiger partial charge is 0.333 e. The maximum Gasteiger partial charge on any atom is 0.223 e. The molecule has 0 saturated heterocycles. The van der Waals surface area contributed by atoms with Gasteiger partial charge in [0.1, 0.15) is 0 Å². The lowest BCUT2D eigenvalue weighted by atomic mass is 9.71. The lowest BCUT2D eigenvalue weighted by molar-refractivity contribution is -0.141. The van der Waals surface area contributed by atoms with E-state index in [0.717, 1.165) is 30.7 Å². The first-order valence-corrected chi connectivity index (χ1v) is 10.0. The molecule has 1 spiro atoms. The van der Waals surface area contributed by atoms with Crippen molar-refractivity contribution < 1.29 is 6.17 Å². The molecule has 2 nitrogen and oxygen atoms in total. The number of amides is 1. The van der Waals surface area contributed by atoms with Crippen molar-refractivity contribution in [3.05, 3.63) is 35.4 Å². The quantitative estimate of drug-likeness (QED) is 0.747. The summed E-state index contributed by atoms with van der Waals surface area (Å²) in [5.41, 5.74) is 2.30. The number of carbonyl (C=O) groups excluding carboxylic acids is 1. The van der Waals surface area contributed by atoms with Gasteiger partial charge in [-0.3, -0.25) is 4.79 Å². The van der Waals surface area contributed by atoms with Gasteiger partial charge in [0.15, 0.2) is 0 Å². The highest BCUT2D eigenvalue weighted by Gasteiger charge is 2.45. The SMILES string of the molecule is [2H]C1CN(C(=O)CCC2CCCC2)C2(CCCCC2)c2ccccc21. The molecule has 0 aromatic heterocycles. The highest BCUT2D eigenvalue weighted by atomic mass is 16.2. The number of rotatable bonds is 3. The minimum Gasteiger partial charge on any atom is -0.333 e. The molecule has 1 atom stereocenters. The molecule has 1 amide bonds. The second-order valence-electron chi connectivity index (χ2n) is 8.08. The molecule has 1 aliphatic heterocycles. The third-order valence-electron chi connectivity index (χ3n) is 6.70. The number of fused-ring (bicyclic) bond motifs is 2. The molecule has 0 radical (unpaired) electrons. The van der Waals surface area contributed by atoms with Crippen LogP contribution in [0, 0.1) is 5.92 Å². The summed E-state index contributed by atoms with van der Waals surface area (Å²) in [7, 11) is 0. The maximum absolute atomic E-state index is 13.2. The average Bonchev–Trinajstić information content (AvgIpc) is 3.17. The molecule has 4 rings (SSSR count). The van der Waals surface area contributed by atoms with E-state index in [9.17, 15) is 4.79 Å². The van der Waals surface area contributed by atoms with Crippen LogP contribution in [0.1, 0.15) is 83.1 Å². The molecule has 3 aliphatic rings. The summed E-state index contributed by atoms with van der Waals surface area (Å²) < 4.78 is 8.58. The minimum atomic E-state index is -0.292. The fourth-order valence-electron chi connectivity index (χ4n) is 5.39. The van der Waals surface area contributed by atoms with Crippen molar-refractivity contribution in [3.63, 3.8) is 0 Å². The Morgan fingerprint density at radius 3 is 2.67 bits per heavy atom. The minimum absolute atomic E-state index is 0.126. The molecule has 1 unspecified atom stereocenters. The van der Waals surface area contributed by atoms with Crippen LogP contribution in [0.15, 0.2) is 24.3 Å². The molecule has 2 saturated carbocycles. The maximum atomic E-state index is 13.2. The number of hydrogen-bond acceptors (Lipinski definition) is 1. The second-order valence-corrected chi connectivity index (χ2v) is 8.08. The lowest BCUT2D eigenvalue weighted by Gasteiger charge is -2.51. The van der Waals surface area contributed by atoms with Crippen LogP contribution in [0.2, 0.25) is 0 Å². The zero-order valence-electron chi connectivity index (χ0n) is 15.8. The number of nitrogens with zero attached hydrogens (tertiary/aromatic N) is 1. The normalized spacial score (nSPS) is 27.1. The smallest absolute Gasteiger partial charge is 0.223 e. The summed E-state index contributed by atoms with van der Waals surface area (Å²) in [5, 5.41) is 0. The first kappa shape index (κ1) is 15.0. The standard InChI is InChI=1S/C22H31NO/c24-21(13-12-18-8-2-3-9-18)23-17-14-19-10-4-5-11-20(19)22(23)15-6-1-7-16-22/h4-5,10-11,18H,1-3,6-9,12-17H2/i14D. The van der Waals surface area contributed by atoms with Crippen molar-refractivity contribution in [1.82, 2.24) is 4.90 Å². The topological polar surface area (TPSA) is 20.3 Å². The molecule has 2 aliphatic carbocycles. The van der Waals surface area contributed by atoms with Crippen LogP contribution in [0.25, 0.3) is 0 Å². The van der Waals surface area contributed by atoms with Crippen LogP contribution >= 0.6 is 0 Å². The molecule has 24 heavy (non-hydrogen) atoms. The monoisotopic (exact) mass is 326 g/mol. The highest BCUT2D eigenvalue weighted by Crippen LogP contribution is 2.46. The molecule has 1 aromatic carbocycles. The van der Waals surface area contributed by atoms with Gasteiger partial charge >= 0.3 is 0 Å². The Labute approximate surface area is 148 Å². The van der Waals surface area contributed by atoms with Gasteiger partial charge in [-0.2, -0.15) is 0 Å². The van der Waals surface area contributed by atoms with Crippen LogP contribution < -0.4 is 0 Å². The predicted octanol–water partition coefficient (Wildman–Crippen LogP) is 5.20. The molecule has 0 bridgehead atoms. The lowest BCUT2D eigenvalue weighted by Crippen LogP contribution is -2.54. The number of carbonyl (C=O) groups is 1. The van der Waals surface area contributed by atoms with E-state index >= 15 is 0 Å². The molecular formula is C22H31NO. The van der Waals surface area contributed by atoms with E-state index in [-0.39, 0.29) is 11.9 Å². The summed E-state index contributed by atoms with van der Waals surface area (Å²) in [4.78, 5) is 15.4. The van der Waals surface area contributed by atoms with Crippen molar-refractivity contribution in [3.8, 4) is 0 Å². The molecule has 2 fully saturated rings. The third-order valence-corrected chi connectivity index (χ3v) is 6.70. The van der Waals surface area contributed by atoms with Crippen molar-refractivity contribution in [2.45, 2.75) is 82.6 Å². The van der Waals surface area contributed by atoms with Gasteiger partial charge in [-0.25, -0.2) is 0 Å². The van der Waals surface area contributed by atoms with Crippen LogP contribution in [-0.4, -0.2) is 17.4 Å². The summed E-state index contributed by atoms with van der Waals surface area (Å²) in [6.07, 6.45) is 12.6. The van der Waals surface area contributed by atoms with Gasteiger partial charge < -0.3 is 4.90 Å². The zero-order chi connectivity index (χ0) is 17.3.